The Hall–Kier alpha value is -3.90. The predicted molar refractivity (Wildman–Crippen MR) is 131 cm³/mol. The second-order valence-corrected chi connectivity index (χ2v) is 7.71. The molecule has 0 heterocycles. The highest BCUT2D eigenvalue weighted by molar-refractivity contribution is 6.30. The smallest absolute Gasteiger partial charge is 0.339 e. The largest absolute Gasteiger partial charge is 0.449 e. The molecular weight excluding hydrogens is 440 g/mol. The number of benzene rings is 3. The lowest BCUT2D eigenvalue weighted by Gasteiger charge is -2.15. The molecule has 2 amide bonds. The highest BCUT2D eigenvalue weighted by atomic mass is 35.5. The van der Waals surface area contributed by atoms with Gasteiger partial charge in [-0.05, 0) is 60.5 Å². The number of rotatable bonds is 7. The van der Waals surface area contributed by atoms with Gasteiger partial charge in [-0.1, -0.05) is 54.1 Å². The number of anilines is 2. The van der Waals surface area contributed by atoms with E-state index < -0.39 is 18.0 Å². The van der Waals surface area contributed by atoms with E-state index >= 15 is 0 Å². The van der Waals surface area contributed by atoms with E-state index in [0.29, 0.717) is 27.5 Å². The summed E-state index contributed by atoms with van der Waals surface area (Å²) in [4.78, 5) is 36.7. The Morgan fingerprint density at radius 3 is 2.00 bits per heavy atom. The molecule has 0 fully saturated rings. The molecule has 0 aliphatic carbocycles. The molecule has 1 atom stereocenters. The van der Waals surface area contributed by atoms with E-state index in [9.17, 15) is 14.4 Å². The maximum absolute atomic E-state index is 13.0. The predicted octanol–water partition coefficient (Wildman–Crippen LogP) is 5.41. The van der Waals surface area contributed by atoms with Crippen LogP contribution in [0.4, 0.5) is 11.4 Å². The molecule has 3 aromatic carbocycles. The molecule has 0 bridgehead atoms. The minimum atomic E-state index is -1.04. The van der Waals surface area contributed by atoms with E-state index in [2.05, 4.69) is 10.6 Å². The average molecular weight is 463 g/mol. The van der Waals surface area contributed by atoms with Crippen LogP contribution in [0.3, 0.4) is 0 Å². The molecule has 3 rings (SSSR count). The summed E-state index contributed by atoms with van der Waals surface area (Å²) in [5.74, 6) is -1.30. The lowest BCUT2D eigenvalue weighted by atomic mass is 10.0. The van der Waals surface area contributed by atoms with Crippen LogP contribution in [-0.4, -0.2) is 23.9 Å². The van der Waals surface area contributed by atoms with Crippen LogP contribution in [0.5, 0.6) is 0 Å². The maximum atomic E-state index is 13.0. The highest BCUT2D eigenvalue weighted by Gasteiger charge is 2.22. The van der Waals surface area contributed by atoms with Gasteiger partial charge in [-0.2, -0.15) is 0 Å². The van der Waals surface area contributed by atoms with Gasteiger partial charge in [0.2, 0.25) is 5.91 Å². The number of hydrogen-bond acceptors (Lipinski definition) is 4. The van der Waals surface area contributed by atoms with Gasteiger partial charge in [0.25, 0.3) is 5.91 Å². The number of carbonyl (C=O) groups excluding carboxylic acids is 3. The zero-order valence-electron chi connectivity index (χ0n) is 18.2. The molecular formula is C26H23ClN2O4. The number of hydrogen-bond donors (Lipinski definition) is 2. The molecule has 7 heteroatoms. The van der Waals surface area contributed by atoms with Gasteiger partial charge in [0.05, 0.1) is 5.57 Å². The molecule has 3 aromatic rings. The van der Waals surface area contributed by atoms with Crippen LogP contribution in [0.25, 0.3) is 11.6 Å². The van der Waals surface area contributed by atoms with Crippen molar-refractivity contribution in [3.8, 4) is 0 Å². The summed E-state index contributed by atoms with van der Waals surface area (Å²) >= 11 is 5.98. The summed E-state index contributed by atoms with van der Waals surface area (Å²) in [7, 11) is 0. The van der Waals surface area contributed by atoms with Crippen molar-refractivity contribution in [3.63, 3.8) is 0 Å². The van der Waals surface area contributed by atoms with E-state index in [-0.39, 0.29) is 5.91 Å². The van der Waals surface area contributed by atoms with Crippen molar-refractivity contribution in [1.82, 2.24) is 0 Å². The molecule has 0 radical (unpaired) electrons. The topological polar surface area (TPSA) is 84.5 Å². The molecule has 0 spiro atoms. The maximum Gasteiger partial charge on any atom is 0.339 e. The van der Waals surface area contributed by atoms with Crippen molar-refractivity contribution < 1.29 is 19.1 Å². The van der Waals surface area contributed by atoms with Gasteiger partial charge in [-0.3, -0.25) is 9.59 Å². The number of halogens is 1. The van der Waals surface area contributed by atoms with Gasteiger partial charge in [-0.25, -0.2) is 4.79 Å². The van der Waals surface area contributed by atoms with Crippen LogP contribution in [0.1, 0.15) is 25.0 Å². The number of ether oxygens (including phenoxy) is 1. The molecule has 2 N–H and O–H groups in total. The Morgan fingerprint density at radius 2 is 1.42 bits per heavy atom. The Labute approximate surface area is 197 Å². The second kappa shape index (κ2) is 11.1. The summed E-state index contributed by atoms with van der Waals surface area (Å²) < 4.78 is 5.47. The second-order valence-electron chi connectivity index (χ2n) is 7.27. The summed E-state index contributed by atoms with van der Waals surface area (Å²) in [5.41, 5.74) is 2.86. The van der Waals surface area contributed by atoms with Crippen molar-refractivity contribution >= 4 is 52.4 Å². The number of carbonyl (C=O) groups is 3. The molecule has 0 saturated heterocycles. The first-order chi connectivity index (χ1) is 15.8. The van der Waals surface area contributed by atoms with E-state index in [0.717, 1.165) is 5.56 Å². The monoisotopic (exact) mass is 462 g/mol. The summed E-state index contributed by atoms with van der Waals surface area (Å²) in [6, 6.07) is 22.8. The van der Waals surface area contributed by atoms with Gasteiger partial charge in [0, 0.05) is 23.3 Å². The third-order valence-electron chi connectivity index (χ3n) is 4.61. The first kappa shape index (κ1) is 23.8. The van der Waals surface area contributed by atoms with Crippen LogP contribution < -0.4 is 10.6 Å². The first-order valence-electron chi connectivity index (χ1n) is 10.2. The lowest BCUT2D eigenvalue weighted by Crippen LogP contribution is -2.30. The number of nitrogens with one attached hydrogen (secondary N) is 2. The van der Waals surface area contributed by atoms with E-state index in [1.54, 1.807) is 54.6 Å². The Morgan fingerprint density at radius 1 is 0.848 bits per heavy atom. The third-order valence-corrected chi connectivity index (χ3v) is 4.86. The van der Waals surface area contributed by atoms with Crippen molar-refractivity contribution in [2.45, 2.75) is 20.0 Å². The highest BCUT2D eigenvalue weighted by Crippen LogP contribution is 2.23. The van der Waals surface area contributed by atoms with Gasteiger partial charge in [-0.15, -0.1) is 0 Å². The van der Waals surface area contributed by atoms with Gasteiger partial charge < -0.3 is 15.4 Å². The molecule has 0 aliphatic heterocycles. The normalized spacial score (nSPS) is 11.9. The van der Waals surface area contributed by atoms with E-state index in [4.69, 9.17) is 16.3 Å². The molecule has 1 unspecified atom stereocenters. The van der Waals surface area contributed by atoms with Crippen molar-refractivity contribution in [3.05, 3.63) is 95.0 Å². The van der Waals surface area contributed by atoms with Crippen LogP contribution in [0, 0.1) is 0 Å². The Kier molecular flexibility index (Phi) is 8.00. The van der Waals surface area contributed by atoms with Crippen molar-refractivity contribution in [2.75, 3.05) is 10.6 Å². The van der Waals surface area contributed by atoms with E-state index in [1.165, 1.54) is 13.8 Å². The third kappa shape index (κ3) is 7.05. The molecule has 168 valence electrons. The molecule has 33 heavy (non-hydrogen) atoms. The zero-order chi connectivity index (χ0) is 23.8. The number of esters is 1. The van der Waals surface area contributed by atoms with Crippen LogP contribution in [0.15, 0.2) is 78.9 Å². The van der Waals surface area contributed by atoms with Gasteiger partial charge >= 0.3 is 5.97 Å². The summed E-state index contributed by atoms with van der Waals surface area (Å²) in [6.07, 6.45) is 0.663. The molecule has 6 nitrogen and oxygen atoms in total. The van der Waals surface area contributed by atoms with Crippen LogP contribution in [-0.2, 0) is 19.1 Å². The minimum Gasteiger partial charge on any atom is -0.449 e. The van der Waals surface area contributed by atoms with Crippen molar-refractivity contribution in [1.29, 1.82) is 0 Å². The average Bonchev–Trinajstić information content (AvgIpc) is 2.79. The summed E-state index contributed by atoms with van der Waals surface area (Å²) in [6.45, 7) is 2.91. The van der Waals surface area contributed by atoms with Crippen LogP contribution in [0.2, 0.25) is 5.02 Å². The first-order valence-corrected chi connectivity index (χ1v) is 10.6. The Balaban J connectivity index is 1.73. The lowest BCUT2D eigenvalue weighted by molar-refractivity contribution is -0.147. The fraction of sp³-hybridized carbons (Fsp3) is 0.115. The quantitative estimate of drug-likeness (QED) is 0.279. The molecule has 0 aliphatic rings. The fourth-order valence-corrected chi connectivity index (χ4v) is 3.09. The fourth-order valence-electron chi connectivity index (χ4n) is 2.97. The molecule has 0 aromatic heterocycles. The minimum absolute atomic E-state index is 0.188. The van der Waals surface area contributed by atoms with Gasteiger partial charge in [0.1, 0.15) is 0 Å². The van der Waals surface area contributed by atoms with E-state index in [1.807, 2.05) is 30.3 Å². The zero-order valence-corrected chi connectivity index (χ0v) is 18.9. The molecule has 0 saturated carbocycles. The SMILES string of the molecule is CC(=O)Nc1ccc(NC(=O)C(C)OC(=O)/C(=C/c2ccccc2)c2ccc(Cl)cc2)cc1. The van der Waals surface area contributed by atoms with Crippen molar-refractivity contribution in [2.24, 2.45) is 0 Å². The Bertz CT molecular complexity index is 1160. The van der Waals surface area contributed by atoms with Crippen LogP contribution >= 0.6 is 11.6 Å². The number of amides is 2. The standard InChI is InChI=1S/C26H23ClN2O4/c1-17(25(31)29-23-14-12-22(13-15-23)28-18(2)30)33-26(32)24(16-19-6-4-3-5-7-19)20-8-10-21(27)11-9-20/h3-17H,1-2H3,(H,28,30)(H,29,31)/b24-16+. The van der Waals surface area contributed by atoms with Gasteiger partial charge in [0.15, 0.2) is 6.10 Å². The summed E-state index contributed by atoms with van der Waals surface area (Å²) in [5, 5.41) is 5.89.